The minimum atomic E-state index is 0.375. The molecule has 1 aromatic heterocycles. The van der Waals surface area contributed by atoms with Gasteiger partial charge in [-0.25, -0.2) is 0 Å². The number of hydrogen-bond acceptors (Lipinski definition) is 4. The number of fused-ring (bicyclic) bond motifs is 1. The standard InChI is InChI=1S/C15H22N4S/c1-11-8-18-6-2-3-13(18)10-19(11)9-12-4-5-17-14(7-12)15(16)20/h4-5,7,11,13H,2-3,6,8-10H2,1H3,(H2,16,20). The molecule has 0 saturated carbocycles. The zero-order valence-corrected chi connectivity index (χ0v) is 12.8. The first-order chi connectivity index (χ1) is 9.63. The van der Waals surface area contributed by atoms with E-state index in [1.165, 1.54) is 38.0 Å². The lowest BCUT2D eigenvalue weighted by Crippen LogP contribution is -2.54. The van der Waals surface area contributed by atoms with Crippen LogP contribution in [0, 0.1) is 0 Å². The van der Waals surface area contributed by atoms with Crippen LogP contribution < -0.4 is 5.73 Å². The van der Waals surface area contributed by atoms with Gasteiger partial charge in [0, 0.05) is 37.9 Å². The monoisotopic (exact) mass is 290 g/mol. The highest BCUT2D eigenvalue weighted by molar-refractivity contribution is 7.80. The first-order valence-electron chi connectivity index (χ1n) is 7.36. The quantitative estimate of drug-likeness (QED) is 0.852. The Kier molecular flexibility index (Phi) is 4.01. The van der Waals surface area contributed by atoms with Crippen molar-refractivity contribution in [2.24, 2.45) is 5.73 Å². The Bertz CT molecular complexity index is 504. The first kappa shape index (κ1) is 13.9. The van der Waals surface area contributed by atoms with Gasteiger partial charge in [-0.15, -0.1) is 0 Å². The van der Waals surface area contributed by atoms with E-state index in [9.17, 15) is 0 Å². The average Bonchev–Trinajstić information content (AvgIpc) is 2.86. The van der Waals surface area contributed by atoms with Gasteiger partial charge in [-0.3, -0.25) is 14.8 Å². The van der Waals surface area contributed by atoms with E-state index < -0.39 is 0 Å². The Morgan fingerprint density at radius 3 is 3.15 bits per heavy atom. The largest absolute Gasteiger partial charge is 0.388 e. The number of rotatable bonds is 3. The summed E-state index contributed by atoms with van der Waals surface area (Å²) in [6.07, 6.45) is 4.50. The molecule has 2 aliphatic heterocycles. The zero-order chi connectivity index (χ0) is 14.1. The predicted molar refractivity (Wildman–Crippen MR) is 84.6 cm³/mol. The number of aromatic nitrogens is 1. The van der Waals surface area contributed by atoms with Gasteiger partial charge < -0.3 is 5.73 Å². The molecule has 2 fully saturated rings. The molecule has 2 saturated heterocycles. The van der Waals surface area contributed by atoms with Crippen LogP contribution in [0.5, 0.6) is 0 Å². The van der Waals surface area contributed by atoms with Gasteiger partial charge in [0.25, 0.3) is 0 Å². The van der Waals surface area contributed by atoms with Gasteiger partial charge in [0.2, 0.25) is 0 Å². The van der Waals surface area contributed by atoms with Crippen LogP contribution in [-0.4, -0.2) is 51.5 Å². The van der Waals surface area contributed by atoms with E-state index in [0.717, 1.165) is 18.3 Å². The maximum absolute atomic E-state index is 5.66. The number of nitrogens with zero attached hydrogens (tertiary/aromatic N) is 3. The molecule has 20 heavy (non-hydrogen) atoms. The molecule has 4 nitrogen and oxygen atoms in total. The van der Waals surface area contributed by atoms with Crippen molar-refractivity contribution in [3.05, 3.63) is 29.6 Å². The minimum absolute atomic E-state index is 0.375. The fourth-order valence-electron chi connectivity index (χ4n) is 3.41. The molecule has 1 aromatic rings. The van der Waals surface area contributed by atoms with Gasteiger partial charge >= 0.3 is 0 Å². The lowest BCUT2D eigenvalue weighted by molar-refractivity contribution is 0.0540. The van der Waals surface area contributed by atoms with Crippen molar-refractivity contribution < 1.29 is 0 Å². The van der Waals surface area contributed by atoms with Crippen molar-refractivity contribution >= 4 is 17.2 Å². The van der Waals surface area contributed by atoms with Gasteiger partial charge in [-0.05, 0) is 44.0 Å². The van der Waals surface area contributed by atoms with Crippen molar-refractivity contribution in [3.8, 4) is 0 Å². The third-order valence-corrected chi connectivity index (χ3v) is 4.74. The molecule has 2 unspecified atom stereocenters. The summed E-state index contributed by atoms with van der Waals surface area (Å²) in [5.74, 6) is 0. The Morgan fingerprint density at radius 1 is 1.50 bits per heavy atom. The lowest BCUT2D eigenvalue weighted by Gasteiger charge is -2.42. The third-order valence-electron chi connectivity index (χ3n) is 4.53. The number of thiocarbonyl (C=S) groups is 1. The van der Waals surface area contributed by atoms with Gasteiger partial charge in [0.05, 0.1) is 5.69 Å². The van der Waals surface area contributed by atoms with E-state index >= 15 is 0 Å². The van der Waals surface area contributed by atoms with Crippen molar-refractivity contribution in [2.45, 2.75) is 38.4 Å². The molecule has 3 rings (SSSR count). The number of piperazine rings is 1. The topological polar surface area (TPSA) is 45.4 Å². The molecule has 5 heteroatoms. The van der Waals surface area contributed by atoms with Crippen molar-refractivity contribution in [1.29, 1.82) is 0 Å². The summed E-state index contributed by atoms with van der Waals surface area (Å²) in [5, 5.41) is 0. The first-order valence-corrected chi connectivity index (χ1v) is 7.77. The molecule has 108 valence electrons. The molecule has 2 N–H and O–H groups in total. The lowest BCUT2D eigenvalue weighted by atomic mass is 10.1. The van der Waals surface area contributed by atoms with E-state index in [0.29, 0.717) is 11.0 Å². The van der Waals surface area contributed by atoms with E-state index in [4.69, 9.17) is 18.0 Å². The summed E-state index contributed by atoms with van der Waals surface area (Å²) in [4.78, 5) is 9.81. The van der Waals surface area contributed by atoms with Gasteiger partial charge in [-0.1, -0.05) is 12.2 Å². The Hall–Kier alpha value is -1.04. The number of hydrogen-bond donors (Lipinski definition) is 1. The van der Waals surface area contributed by atoms with Gasteiger partial charge in [-0.2, -0.15) is 0 Å². The highest BCUT2D eigenvalue weighted by atomic mass is 32.1. The summed E-state index contributed by atoms with van der Waals surface area (Å²) < 4.78 is 0. The van der Waals surface area contributed by atoms with Crippen LogP contribution in [-0.2, 0) is 6.54 Å². The van der Waals surface area contributed by atoms with Gasteiger partial charge in [0.1, 0.15) is 4.99 Å². The van der Waals surface area contributed by atoms with E-state index in [1.807, 2.05) is 6.07 Å². The molecule has 0 aliphatic carbocycles. The summed E-state index contributed by atoms with van der Waals surface area (Å²) in [7, 11) is 0. The molecule has 0 radical (unpaired) electrons. The van der Waals surface area contributed by atoms with Crippen molar-refractivity contribution in [3.63, 3.8) is 0 Å². The summed E-state index contributed by atoms with van der Waals surface area (Å²) in [5.41, 5.74) is 7.64. The average molecular weight is 290 g/mol. The second kappa shape index (κ2) is 5.76. The molecule has 3 heterocycles. The maximum Gasteiger partial charge on any atom is 0.122 e. The second-order valence-corrected chi connectivity index (χ2v) is 6.42. The van der Waals surface area contributed by atoms with Crippen LogP contribution in [0.2, 0.25) is 0 Å². The SMILES string of the molecule is CC1CN2CCCC2CN1Cc1ccnc(C(N)=S)c1. The van der Waals surface area contributed by atoms with Crippen molar-refractivity contribution in [1.82, 2.24) is 14.8 Å². The Morgan fingerprint density at radius 2 is 2.35 bits per heavy atom. The molecular formula is C15H22N4S. The maximum atomic E-state index is 5.66. The summed E-state index contributed by atoms with van der Waals surface area (Å²) in [6, 6.07) is 5.44. The molecule has 0 aromatic carbocycles. The van der Waals surface area contributed by atoms with Crippen LogP contribution in [0.3, 0.4) is 0 Å². The highest BCUT2D eigenvalue weighted by Gasteiger charge is 2.34. The van der Waals surface area contributed by atoms with Gasteiger partial charge in [0.15, 0.2) is 0 Å². The normalized spacial score (nSPS) is 27.4. The summed E-state index contributed by atoms with van der Waals surface area (Å²) >= 11 is 5.01. The number of nitrogens with two attached hydrogens (primary N) is 1. The molecule has 0 bridgehead atoms. The molecule has 0 amide bonds. The molecular weight excluding hydrogens is 268 g/mol. The Labute approximate surface area is 126 Å². The van der Waals surface area contributed by atoms with Crippen LogP contribution in [0.25, 0.3) is 0 Å². The number of pyridine rings is 1. The van der Waals surface area contributed by atoms with E-state index in [-0.39, 0.29) is 0 Å². The minimum Gasteiger partial charge on any atom is -0.388 e. The third kappa shape index (κ3) is 2.85. The smallest absolute Gasteiger partial charge is 0.122 e. The van der Waals surface area contributed by atoms with E-state index in [1.54, 1.807) is 6.20 Å². The summed E-state index contributed by atoms with van der Waals surface area (Å²) in [6.45, 7) is 6.93. The van der Waals surface area contributed by atoms with Crippen LogP contribution in [0.4, 0.5) is 0 Å². The second-order valence-electron chi connectivity index (χ2n) is 5.98. The fraction of sp³-hybridized carbons (Fsp3) is 0.600. The highest BCUT2D eigenvalue weighted by Crippen LogP contribution is 2.25. The van der Waals surface area contributed by atoms with Crippen molar-refractivity contribution in [2.75, 3.05) is 19.6 Å². The zero-order valence-electron chi connectivity index (χ0n) is 12.0. The molecule has 2 atom stereocenters. The van der Waals surface area contributed by atoms with Crippen LogP contribution >= 0.6 is 12.2 Å². The Balaban J connectivity index is 1.70. The van der Waals surface area contributed by atoms with E-state index in [2.05, 4.69) is 27.8 Å². The fourth-order valence-corrected chi connectivity index (χ4v) is 3.52. The van der Waals surface area contributed by atoms with Crippen LogP contribution in [0.15, 0.2) is 18.3 Å². The predicted octanol–water partition coefficient (Wildman–Crippen LogP) is 1.38. The molecule has 0 spiro atoms. The van der Waals surface area contributed by atoms with Crippen LogP contribution in [0.1, 0.15) is 31.0 Å². The molecule has 2 aliphatic rings.